The average molecular weight is 359 g/mol. The third-order valence-electron chi connectivity index (χ3n) is 3.20. The second-order valence-electron chi connectivity index (χ2n) is 4.83. The number of aromatic carboxylic acids is 1. The highest BCUT2D eigenvalue weighted by atomic mass is 35.5. The van der Waals surface area contributed by atoms with Crippen molar-refractivity contribution in [3.8, 4) is 0 Å². The van der Waals surface area contributed by atoms with E-state index in [4.69, 9.17) is 11.6 Å². The van der Waals surface area contributed by atoms with Gasteiger partial charge in [-0.25, -0.2) is 9.79 Å². The van der Waals surface area contributed by atoms with E-state index in [1.54, 1.807) is 48.5 Å². The van der Waals surface area contributed by atoms with Crippen LogP contribution in [0.5, 0.6) is 0 Å². The van der Waals surface area contributed by atoms with Crippen molar-refractivity contribution >= 4 is 52.2 Å². The number of carboxylic acids is 1. The van der Waals surface area contributed by atoms with E-state index in [1.807, 2.05) is 0 Å². The first-order valence-corrected chi connectivity index (χ1v) is 8.10. The van der Waals surface area contributed by atoms with Crippen LogP contribution in [-0.4, -0.2) is 22.2 Å². The van der Waals surface area contributed by atoms with Gasteiger partial charge in [-0.05, 0) is 41.6 Å². The van der Waals surface area contributed by atoms with Crippen LogP contribution in [0.4, 0.5) is 5.69 Å². The van der Waals surface area contributed by atoms with Gasteiger partial charge >= 0.3 is 5.97 Å². The molecule has 120 valence electrons. The van der Waals surface area contributed by atoms with E-state index < -0.39 is 5.97 Å². The summed E-state index contributed by atoms with van der Waals surface area (Å²) < 4.78 is 0. The molecule has 1 aliphatic heterocycles. The zero-order valence-corrected chi connectivity index (χ0v) is 13.8. The molecule has 0 unspecified atom stereocenters. The van der Waals surface area contributed by atoms with Crippen molar-refractivity contribution in [2.45, 2.75) is 0 Å². The Labute approximate surface area is 147 Å². The van der Waals surface area contributed by atoms with Crippen molar-refractivity contribution in [1.29, 1.82) is 0 Å². The zero-order valence-electron chi connectivity index (χ0n) is 12.2. The number of carboxylic acid groups (broad SMARTS) is 1. The number of hydrogen-bond donors (Lipinski definition) is 2. The van der Waals surface area contributed by atoms with Crippen LogP contribution in [0.15, 0.2) is 58.4 Å². The van der Waals surface area contributed by atoms with Gasteiger partial charge in [0.25, 0.3) is 5.91 Å². The predicted octanol–water partition coefficient (Wildman–Crippen LogP) is 3.93. The summed E-state index contributed by atoms with van der Waals surface area (Å²) in [5, 5.41) is 12.7. The standard InChI is InChI=1S/C17H11ClN2O3S/c18-12-7-3-4-8-13(12)19-17-20-15(21)14(24-17)9-10-5-1-2-6-11(10)16(22)23/h1-9H,(H,22,23)(H,19,20,21)/b14-9+. The van der Waals surface area contributed by atoms with Crippen LogP contribution in [0.1, 0.15) is 15.9 Å². The van der Waals surface area contributed by atoms with Gasteiger partial charge in [-0.15, -0.1) is 0 Å². The van der Waals surface area contributed by atoms with E-state index in [0.717, 1.165) is 11.8 Å². The highest BCUT2D eigenvalue weighted by Crippen LogP contribution is 2.31. The number of rotatable bonds is 3. The molecule has 2 N–H and O–H groups in total. The number of thioether (sulfide) groups is 1. The molecule has 0 atom stereocenters. The molecule has 0 spiro atoms. The minimum Gasteiger partial charge on any atom is -0.478 e. The SMILES string of the molecule is O=C1NC(=Nc2ccccc2Cl)S/C1=C/c1ccccc1C(=O)O. The normalized spacial score (nSPS) is 17.3. The Bertz CT molecular complexity index is 893. The lowest BCUT2D eigenvalue weighted by Crippen LogP contribution is -2.19. The van der Waals surface area contributed by atoms with Gasteiger partial charge in [0.2, 0.25) is 0 Å². The summed E-state index contributed by atoms with van der Waals surface area (Å²) in [6, 6.07) is 13.5. The lowest BCUT2D eigenvalue weighted by Gasteiger charge is -2.00. The van der Waals surface area contributed by atoms with Gasteiger partial charge in [0.05, 0.1) is 21.2 Å². The number of benzene rings is 2. The molecule has 0 saturated carbocycles. The number of carbonyl (C=O) groups is 2. The average Bonchev–Trinajstić information content (AvgIpc) is 2.89. The highest BCUT2D eigenvalue weighted by molar-refractivity contribution is 8.18. The van der Waals surface area contributed by atoms with E-state index >= 15 is 0 Å². The van der Waals surface area contributed by atoms with Gasteiger partial charge in [-0.1, -0.05) is 41.9 Å². The third kappa shape index (κ3) is 3.50. The van der Waals surface area contributed by atoms with Gasteiger partial charge in [0.15, 0.2) is 5.17 Å². The molecule has 1 fully saturated rings. The summed E-state index contributed by atoms with van der Waals surface area (Å²) >= 11 is 7.19. The van der Waals surface area contributed by atoms with Crippen LogP contribution in [0.2, 0.25) is 5.02 Å². The summed E-state index contributed by atoms with van der Waals surface area (Å²) in [6.45, 7) is 0. The smallest absolute Gasteiger partial charge is 0.336 e. The second kappa shape index (κ2) is 6.90. The molecule has 0 bridgehead atoms. The van der Waals surface area contributed by atoms with Gasteiger partial charge in [-0.2, -0.15) is 0 Å². The Hall–Kier alpha value is -2.57. The molecule has 5 nitrogen and oxygen atoms in total. The maximum Gasteiger partial charge on any atom is 0.336 e. The molecule has 1 saturated heterocycles. The van der Waals surface area contributed by atoms with Crippen molar-refractivity contribution < 1.29 is 14.7 Å². The fraction of sp³-hybridized carbons (Fsp3) is 0. The fourth-order valence-electron chi connectivity index (χ4n) is 2.09. The monoisotopic (exact) mass is 358 g/mol. The molecule has 1 heterocycles. The van der Waals surface area contributed by atoms with Crippen LogP contribution in [0.25, 0.3) is 6.08 Å². The number of aliphatic imine (C=N–C) groups is 1. The van der Waals surface area contributed by atoms with Gasteiger partial charge in [-0.3, -0.25) is 4.79 Å². The van der Waals surface area contributed by atoms with Crippen LogP contribution in [0.3, 0.4) is 0 Å². The maximum absolute atomic E-state index is 12.1. The molecule has 0 radical (unpaired) electrons. The number of halogens is 1. The summed E-state index contributed by atoms with van der Waals surface area (Å²) in [4.78, 5) is 28.0. The topological polar surface area (TPSA) is 78.8 Å². The van der Waals surface area contributed by atoms with E-state index in [9.17, 15) is 14.7 Å². The van der Waals surface area contributed by atoms with Crippen LogP contribution < -0.4 is 5.32 Å². The molecule has 2 aromatic carbocycles. The molecular weight excluding hydrogens is 348 g/mol. The minimum atomic E-state index is -1.05. The summed E-state index contributed by atoms with van der Waals surface area (Å²) in [6.07, 6.45) is 1.54. The molecule has 1 aliphatic rings. The first-order valence-electron chi connectivity index (χ1n) is 6.91. The molecule has 7 heteroatoms. The van der Waals surface area contributed by atoms with Crippen LogP contribution in [0, 0.1) is 0 Å². The predicted molar refractivity (Wildman–Crippen MR) is 95.7 cm³/mol. The molecule has 3 rings (SSSR count). The molecule has 1 amide bonds. The quantitative estimate of drug-likeness (QED) is 0.815. The number of nitrogens with zero attached hydrogens (tertiary/aromatic N) is 1. The second-order valence-corrected chi connectivity index (χ2v) is 6.26. The number of hydrogen-bond acceptors (Lipinski definition) is 4. The van der Waals surface area contributed by atoms with E-state index in [1.165, 1.54) is 6.07 Å². The summed E-state index contributed by atoms with van der Waals surface area (Å²) in [5.41, 5.74) is 1.14. The van der Waals surface area contributed by atoms with Crippen molar-refractivity contribution in [3.63, 3.8) is 0 Å². The highest BCUT2D eigenvalue weighted by Gasteiger charge is 2.24. The molecule has 2 aromatic rings. The fourth-order valence-corrected chi connectivity index (χ4v) is 3.09. The summed E-state index contributed by atoms with van der Waals surface area (Å²) in [7, 11) is 0. The van der Waals surface area contributed by atoms with Gasteiger partial charge in [0.1, 0.15) is 0 Å². The lowest BCUT2D eigenvalue weighted by molar-refractivity contribution is -0.115. The van der Waals surface area contributed by atoms with E-state index in [-0.39, 0.29) is 11.5 Å². The number of nitrogens with one attached hydrogen (secondary N) is 1. The third-order valence-corrected chi connectivity index (χ3v) is 4.43. The Kier molecular flexibility index (Phi) is 4.69. The molecular formula is C17H11ClN2O3S. The van der Waals surface area contributed by atoms with Crippen molar-refractivity contribution in [1.82, 2.24) is 5.32 Å². The van der Waals surface area contributed by atoms with E-state index in [0.29, 0.717) is 26.3 Å². The largest absolute Gasteiger partial charge is 0.478 e. The van der Waals surface area contributed by atoms with Crippen LogP contribution >= 0.6 is 23.4 Å². The molecule has 24 heavy (non-hydrogen) atoms. The first-order chi connectivity index (χ1) is 11.5. The lowest BCUT2D eigenvalue weighted by atomic mass is 10.1. The van der Waals surface area contributed by atoms with Crippen LogP contribution in [-0.2, 0) is 4.79 Å². The van der Waals surface area contributed by atoms with Crippen molar-refractivity contribution in [2.24, 2.45) is 4.99 Å². The van der Waals surface area contributed by atoms with Crippen molar-refractivity contribution in [2.75, 3.05) is 0 Å². The van der Waals surface area contributed by atoms with Gasteiger partial charge in [0, 0.05) is 0 Å². The van der Waals surface area contributed by atoms with Crippen molar-refractivity contribution in [3.05, 3.63) is 69.6 Å². The number of para-hydroxylation sites is 1. The Morgan fingerprint density at radius 3 is 2.62 bits per heavy atom. The van der Waals surface area contributed by atoms with E-state index in [2.05, 4.69) is 10.3 Å². The first kappa shape index (κ1) is 16.3. The summed E-state index contributed by atoms with van der Waals surface area (Å²) in [5.74, 6) is -1.37. The maximum atomic E-state index is 12.1. The Morgan fingerprint density at radius 1 is 1.17 bits per heavy atom. The van der Waals surface area contributed by atoms with Gasteiger partial charge < -0.3 is 10.4 Å². The zero-order chi connectivity index (χ0) is 17.1. The number of amides is 1. The molecule has 0 aliphatic carbocycles. The Balaban J connectivity index is 1.91. The number of amidine groups is 1. The number of carbonyl (C=O) groups excluding carboxylic acids is 1. The minimum absolute atomic E-state index is 0.134. The molecule has 0 aromatic heterocycles. The Morgan fingerprint density at radius 2 is 1.88 bits per heavy atom.